The number of hydrogen-bond acceptors (Lipinski definition) is 5. The molecule has 6 heteroatoms. The molecular formula is C13H11BrN2O3. The topological polar surface area (TPSA) is 61.3 Å². The van der Waals surface area contributed by atoms with Crippen LogP contribution in [0.2, 0.25) is 0 Å². The van der Waals surface area contributed by atoms with Crippen LogP contribution in [0.1, 0.15) is 15.9 Å². The fourth-order valence-corrected chi connectivity index (χ4v) is 1.80. The smallest absolute Gasteiger partial charge is 0.213 e. The van der Waals surface area contributed by atoms with Crippen molar-refractivity contribution >= 4 is 22.2 Å². The minimum Gasteiger partial charge on any atom is -0.486 e. The van der Waals surface area contributed by atoms with Crippen LogP contribution in [0, 0.1) is 0 Å². The Morgan fingerprint density at radius 1 is 1.42 bits per heavy atom. The van der Waals surface area contributed by atoms with Gasteiger partial charge in [-0.15, -0.1) is 0 Å². The summed E-state index contributed by atoms with van der Waals surface area (Å²) >= 11 is 3.38. The van der Waals surface area contributed by atoms with Gasteiger partial charge in [-0.1, -0.05) is 0 Å². The first-order valence-corrected chi connectivity index (χ1v) is 6.24. The van der Waals surface area contributed by atoms with E-state index in [1.165, 1.54) is 19.4 Å². The molecule has 2 rings (SSSR count). The molecule has 0 fully saturated rings. The number of halogens is 1. The normalized spacial score (nSPS) is 10.0. The highest BCUT2D eigenvalue weighted by molar-refractivity contribution is 9.10. The molecule has 0 atom stereocenters. The summed E-state index contributed by atoms with van der Waals surface area (Å²) < 4.78 is 11.4. The second kappa shape index (κ2) is 6.29. The molecule has 19 heavy (non-hydrogen) atoms. The standard InChI is InChI=1S/C13H11BrN2O3/c1-18-13-4-10(7-17)12(6-16-13)19-8-9-2-3-15-5-11(9)14/h2-7H,8H2,1H3. The van der Waals surface area contributed by atoms with Crippen molar-refractivity contribution in [3.05, 3.63) is 46.3 Å². The van der Waals surface area contributed by atoms with Gasteiger partial charge in [-0.25, -0.2) is 4.98 Å². The highest BCUT2D eigenvalue weighted by Gasteiger charge is 2.07. The molecule has 0 N–H and O–H groups in total. The number of hydrogen-bond donors (Lipinski definition) is 0. The van der Waals surface area contributed by atoms with E-state index in [0.717, 1.165) is 10.0 Å². The van der Waals surface area contributed by atoms with Crippen molar-refractivity contribution in [1.29, 1.82) is 0 Å². The molecule has 0 aromatic carbocycles. The Kier molecular flexibility index (Phi) is 4.46. The molecule has 0 aliphatic carbocycles. The number of aromatic nitrogens is 2. The number of rotatable bonds is 5. The first-order chi connectivity index (χ1) is 9.24. The molecule has 0 aliphatic rings. The second-order valence-electron chi connectivity index (χ2n) is 3.64. The van der Waals surface area contributed by atoms with E-state index in [0.29, 0.717) is 30.1 Å². The third-order valence-electron chi connectivity index (χ3n) is 2.45. The Hall–Kier alpha value is -1.95. The van der Waals surface area contributed by atoms with Gasteiger partial charge in [0.15, 0.2) is 6.29 Å². The minimum absolute atomic E-state index is 0.317. The second-order valence-corrected chi connectivity index (χ2v) is 4.49. The summed E-state index contributed by atoms with van der Waals surface area (Å²) in [6.45, 7) is 0.317. The Morgan fingerprint density at radius 3 is 2.95 bits per heavy atom. The van der Waals surface area contributed by atoms with Gasteiger partial charge >= 0.3 is 0 Å². The monoisotopic (exact) mass is 322 g/mol. The van der Waals surface area contributed by atoms with Crippen molar-refractivity contribution in [2.45, 2.75) is 6.61 Å². The van der Waals surface area contributed by atoms with Crippen molar-refractivity contribution < 1.29 is 14.3 Å². The van der Waals surface area contributed by atoms with Crippen LogP contribution in [0.25, 0.3) is 0 Å². The molecule has 98 valence electrons. The molecule has 0 radical (unpaired) electrons. The zero-order valence-corrected chi connectivity index (χ0v) is 11.8. The van der Waals surface area contributed by atoms with Gasteiger partial charge in [0.1, 0.15) is 12.4 Å². The minimum atomic E-state index is 0.317. The van der Waals surface area contributed by atoms with Gasteiger partial charge in [-0.3, -0.25) is 9.78 Å². The van der Waals surface area contributed by atoms with E-state index in [1.54, 1.807) is 12.4 Å². The lowest BCUT2D eigenvalue weighted by molar-refractivity contribution is 0.111. The van der Waals surface area contributed by atoms with E-state index in [4.69, 9.17) is 9.47 Å². The molecule has 0 aliphatic heterocycles. The average Bonchev–Trinajstić information content (AvgIpc) is 2.46. The first kappa shape index (κ1) is 13.5. The summed E-state index contributed by atoms with van der Waals surface area (Å²) in [5.41, 5.74) is 1.33. The van der Waals surface area contributed by atoms with Gasteiger partial charge in [0, 0.05) is 28.5 Å². The number of nitrogens with zero attached hydrogens (tertiary/aromatic N) is 2. The predicted molar refractivity (Wildman–Crippen MR) is 72.4 cm³/mol. The third-order valence-corrected chi connectivity index (χ3v) is 3.16. The zero-order valence-electron chi connectivity index (χ0n) is 10.2. The Morgan fingerprint density at radius 2 is 2.26 bits per heavy atom. The number of pyridine rings is 2. The molecule has 0 saturated carbocycles. The van der Waals surface area contributed by atoms with E-state index in [9.17, 15) is 4.79 Å². The van der Waals surface area contributed by atoms with Gasteiger partial charge in [-0.05, 0) is 22.0 Å². The summed E-state index contributed by atoms with van der Waals surface area (Å²) in [5, 5.41) is 0. The van der Waals surface area contributed by atoms with Crippen LogP contribution in [-0.2, 0) is 6.61 Å². The molecule has 0 spiro atoms. The van der Waals surface area contributed by atoms with Gasteiger partial charge in [0.05, 0.1) is 18.9 Å². The quantitative estimate of drug-likeness (QED) is 0.792. The molecule has 2 heterocycles. The van der Waals surface area contributed by atoms with E-state index in [-0.39, 0.29) is 0 Å². The van der Waals surface area contributed by atoms with Crippen molar-refractivity contribution in [3.63, 3.8) is 0 Å². The molecule has 0 bridgehead atoms. The Bertz CT molecular complexity index is 590. The van der Waals surface area contributed by atoms with E-state index >= 15 is 0 Å². The van der Waals surface area contributed by atoms with Crippen LogP contribution < -0.4 is 9.47 Å². The highest BCUT2D eigenvalue weighted by Crippen LogP contribution is 2.22. The van der Waals surface area contributed by atoms with Gasteiger partial charge < -0.3 is 9.47 Å². The lowest BCUT2D eigenvalue weighted by Gasteiger charge is -2.09. The summed E-state index contributed by atoms with van der Waals surface area (Å²) in [5.74, 6) is 0.791. The van der Waals surface area contributed by atoms with E-state index in [2.05, 4.69) is 25.9 Å². The lowest BCUT2D eigenvalue weighted by Crippen LogP contribution is -2.01. The molecule has 0 amide bonds. The lowest BCUT2D eigenvalue weighted by atomic mass is 10.2. The maximum Gasteiger partial charge on any atom is 0.213 e. The maximum atomic E-state index is 11.0. The van der Waals surface area contributed by atoms with Crippen molar-refractivity contribution in [2.75, 3.05) is 7.11 Å². The third kappa shape index (κ3) is 3.29. The predicted octanol–water partition coefficient (Wildman–Crippen LogP) is 2.64. The number of ether oxygens (including phenoxy) is 2. The van der Waals surface area contributed by atoms with Crippen molar-refractivity contribution in [1.82, 2.24) is 9.97 Å². The highest BCUT2D eigenvalue weighted by atomic mass is 79.9. The summed E-state index contributed by atoms with van der Waals surface area (Å²) in [7, 11) is 1.49. The fourth-order valence-electron chi connectivity index (χ4n) is 1.44. The van der Waals surface area contributed by atoms with Crippen molar-refractivity contribution in [2.24, 2.45) is 0 Å². The average molecular weight is 323 g/mol. The maximum absolute atomic E-state index is 11.0. The first-order valence-electron chi connectivity index (χ1n) is 5.45. The van der Waals surface area contributed by atoms with Gasteiger partial charge in [0.25, 0.3) is 0 Å². The summed E-state index contributed by atoms with van der Waals surface area (Å²) in [6, 6.07) is 3.37. The zero-order chi connectivity index (χ0) is 13.7. The summed E-state index contributed by atoms with van der Waals surface area (Å²) in [6.07, 6.45) is 5.54. The molecule has 2 aromatic heterocycles. The van der Waals surface area contributed by atoms with Crippen LogP contribution in [-0.4, -0.2) is 23.4 Å². The summed E-state index contributed by atoms with van der Waals surface area (Å²) in [4.78, 5) is 19.0. The molecule has 5 nitrogen and oxygen atoms in total. The van der Waals surface area contributed by atoms with Crippen LogP contribution in [0.15, 0.2) is 35.2 Å². The van der Waals surface area contributed by atoms with Crippen LogP contribution in [0.4, 0.5) is 0 Å². The molecule has 0 saturated heterocycles. The molecule has 0 unspecified atom stereocenters. The van der Waals surface area contributed by atoms with E-state index < -0.39 is 0 Å². The number of carbonyl (C=O) groups is 1. The Balaban J connectivity index is 2.15. The fraction of sp³-hybridized carbons (Fsp3) is 0.154. The Labute approximate surface area is 118 Å². The van der Waals surface area contributed by atoms with E-state index in [1.807, 2.05) is 6.07 Å². The SMILES string of the molecule is COc1cc(C=O)c(OCc2ccncc2Br)cn1. The largest absolute Gasteiger partial charge is 0.486 e. The van der Waals surface area contributed by atoms with Gasteiger partial charge in [0.2, 0.25) is 5.88 Å². The molecular weight excluding hydrogens is 312 g/mol. The van der Waals surface area contributed by atoms with Gasteiger partial charge in [-0.2, -0.15) is 0 Å². The van der Waals surface area contributed by atoms with Crippen LogP contribution in [0.5, 0.6) is 11.6 Å². The number of methoxy groups -OCH3 is 1. The molecule has 2 aromatic rings. The number of aldehydes is 1. The van der Waals surface area contributed by atoms with Crippen LogP contribution >= 0.6 is 15.9 Å². The van der Waals surface area contributed by atoms with Crippen molar-refractivity contribution in [3.8, 4) is 11.6 Å². The van der Waals surface area contributed by atoms with Crippen LogP contribution in [0.3, 0.4) is 0 Å². The number of carbonyl (C=O) groups excluding carboxylic acids is 1.